The number of aliphatic hydroxyl groups is 1. The normalized spacial score (nSPS) is 11.2. The van der Waals surface area contributed by atoms with Gasteiger partial charge >= 0.3 is 0 Å². The van der Waals surface area contributed by atoms with Crippen LogP contribution in [0.2, 0.25) is 0 Å². The predicted octanol–water partition coefficient (Wildman–Crippen LogP) is 6.81. The molecule has 1 radical (unpaired) electrons. The van der Waals surface area contributed by atoms with Crippen LogP contribution in [0.5, 0.6) is 0 Å². The van der Waals surface area contributed by atoms with E-state index in [0.29, 0.717) is 0 Å². The van der Waals surface area contributed by atoms with Gasteiger partial charge < -0.3 is 5.11 Å². The number of carbonyl (C=O) groups is 1. The molecule has 5 rings (SSSR count). The van der Waals surface area contributed by atoms with Crippen molar-refractivity contribution in [3.8, 4) is 11.3 Å². The van der Waals surface area contributed by atoms with Crippen molar-refractivity contribution in [1.82, 2.24) is 9.97 Å². The van der Waals surface area contributed by atoms with Crippen LogP contribution < -0.4 is 0 Å². The number of carbonyl (C=O) groups excluding carboxylic acids is 1. The number of para-hydroxylation sites is 1. The van der Waals surface area contributed by atoms with Crippen LogP contribution in [0.15, 0.2) is 72.8 Å². The number of nitrogens with zero attached hydrogens (tertiary/aromatic N) is 2. The molecule has 3 heterocycles. The van der Waals surface area contributed by atoms with Crippen molar-refractivity contribution >= 4 is 48.2 Å². The van der Waals surface area contributed by atoms with E-state index >= 15 is 0 Å². The molecule has 0 atom stereocenters. The van der Waals surface area contributed by atoms with Crippen LogP contribution in [0, 0.1) is 13.0 Å². The maximum Gasteiger partial charge on any atom is 0.155 e. The molecule has 4 nitrogen and oxygen atoms in total. The second-order valence-corrected chi connectivity index (χ2v) is 8.34. The number of hydrogen-bond donors (Lipinski definition) is 1. The first-order valence-corrected chi connectivity index (χ1v) is 10.7. The van der Waals surface area contributed by atoms with Gasteiger partial charge in [-0.25, -0.2) is 0 Å². The molecular weight excluding hydrogens is 597 g/mol. The molecular formula is C26H21IrN2O2S-. The van der Waals surface area contributed by atoms with Crippen molar-refractivity contribution in [2.75, 3.05) is 0 Å². The molecule has 0 amide bonds. The van der Waals surface area contributed by atoms with Crippen LogP contribution in [0.3, 0.4) is 0 Å². The zero-order valence-corrected chi connectivity index (χ0v) is 21.1. The van der Waals surface area contributed by atoms with Crippen LogP contribution >= 0.6 is 11.3 Å². The van der Waals surface area contributed by atoms with Gasteiger partial charge in [-0.05, 0) is 53.6 Å². The summed E-state index contributed by atoms with van der Waals surface area (Å²) in [5.41, 5.74) is 4.26. The molecule has 0 bridgehead atoms. The SMILES string of the molecule is CC(=O)/C=C(/C)O.Cc1cncc2c1sc1c(-c3ccc4ccccc4n3)[c-]ccc12.[Ir]. The first-order chi connectivity index (χ1) is 14.9. The molecule has 0 spiro atoms. The van der Waals surface area contributed by atoms with Gasteiger partial charge in [-0.2, -0.15) is 11.3 Å². The smallest absolute Gasteiger partial charge is 0.155 e. The molecule has 0 saturated carbocycles. The van der Waals surface area contributed by atoms with E-state index in [2.05, 4.69) is 48.3 Å². The number of hydrogen-bond acceptors (Lipinski definition) is 5. The summed E-state index contributed by atoms with van der Waals surface area (Å²) >= 11 is 1.80. The van der Waals surface area contributed by atoms with Crippen molar-refractivity contribution in [3.05, 3.63) is 84.4 Å². The zero-order chi connectivity index (χ0) is 22.0. The average Bonchev–Trinajstić information content (AvgIpc) is 3.13. The summed E-state index contributed by atoms with van der Waals surface area (Å²) < 4.78 is 2.52. The Bertz CT molecular complexity index is 1450. The van der Waals surface area contributed by atoms with Gasteiger partial charge in [0.05, 0.1) is 11.3 Å². The number of aromatic nitrogens is 2. The van der Waals surface area contributed by atoms with Gasteiger partial charge in [-0.3, -0.25) is 14.8 Å². The average molecular weight is 618 g/mol. The summed E-state index contributed by atoms with van der Waals surface area (Å²) in [6.07, 6.45) is 5.05. The number of thiophene rings is 1. The first-order valence-electron chi connectivity index (χ1n) is 9.85. The van der Waals surface area contributed by atoms with Crippen molar-refractivity contribution in [3.63, 3.8) is 0 Å². The largest absolute Gasteiger partial charge is 0.512 e. The summed E-state index contributed by atoms with van der Waals surface area (Å²) in [6.45, 7) is 4.96. The minimum absolute atomic E-state index is 0. The number of pyridine rings is 2. The molecule has 5 aromatic rings. The van der Waals surface area contributed by atoms with E-state index in [-0.39, 0.29) is 31.6 Å². The molecule has 6 heteroatoms. The molecule has 0 aliphatic heterocycles. The van der Waals surface area contributed by atoms with Gasteiger partial charge in [0.2, 0.25) is 0 Å². The third-order valence-corrected chi connectivity index (χ3v) is 6.16. The summed E-state index contributed by atoms with van der Waals surface area (Å²) in [7, 11) is 0. The Morgan fingerprint density at radius 2 is 1.81 bits per heavy atom. The molecule has 0 fully saturated rings. The monoisotopic (exact) mass is 618 g/mol. The van der Waals surface area contributed by atoms with E-state index in [1.54, 1.807) is 11.3 Å². The van der Waals surface area contributed by atoms with Crippen LogP contribution in [-0.4, -0.2) is 20.9 Å². The summed E-state index contributed by atoms with van der Waals surface area (Å²) in [6, 6.07) is 19.9. The Morgan fingerprint density at radius 3 is 2.53 bits per heavy atom. The quantitative estimate of drug-likeness (QED) is 0.134. The van der Waals surface area contributed by atoms with E-state index < -0.39 is 0 Å². The summed E-state index contributed by atoms with van der Waals surface area (Å²) in [4.78, 5) is 19.2. The number of aliphatic hydroxyl groups excluding tert-OH is 1. The van der Waals surface area contributed by atoms with Gasteiger partial charge in [0, 0.05) is 43.3 Å². The molecule has 163 valence electrons. The fourth-order valence-electron chi connectivity index (χ4n) is 3.47. The number of allylic oxidation sites excluding steroid dienone is 2. The summed E-state index contributed by atoms with van der Waals surface area (Å²) in [5, 5.41) is 12.0. The molecule has 32 heavy (non-hydrogen) atoms. The Labute approximate surface area is 204 Å². The van der Waals surface area contributed by atoms with Gasteiger partial charge in [0.1, 0.15) is 0 Å². The Kier molecular flexibility index (Phi) is 7.52. The van der Waals surface area contributed by atoms with E-state index in [4.69, 9.17) is 10.1 Å². The predicted molar refractivity (Wildman–Crippen MR) is 129 cm³/mol. The number of benzene rings is 2. The molecule has 2 aromatic carbocycles. The van der Waals surface area contributed by atoms with Crippen molar-refractivity contribution in [2.45, 2.75) is 20.8 Å². The Hall–Kier alpha value is -2.92. The number of aryl methyl sites for hydroxylation is 1. The molecule has 0 unspecified atom stereocenters. The third-order valence-electron chi connectivity index (χ3n) is 4.78. The fraction of sp³-hybridized carbons (Fsp3) is 0.115. The van der Waals surface area contributed by atoms with Crippen molar-refractivity contribution in [2.24, 2.45) is 0 Å². The Morgan fingerprint density at radius 1 is 1.03 bits per heavy atom. The van der Waals surface area contributed by atoms with Gasteiger partial charge in [-0.1, -0.05) is 35.7 Å². The standard InChI is InChI=1S/C21H13N2S.C5H8O2.Ir/c1-13-11-22-12-17-15-6-4-7-16(21(15)24-20(13)17)19-10-9-14-5-2-3-8-18(14)23-19;1-4(6)3-5(2)7;/h2-6,8-12H,1H3;3,6H,1-2H3;/q-1;;/b;4-3-;. The summed E-state index contributed by atoms with van der Waals surface area (Å²) in [5.74, 6) is -0.0625. The van der Waals surface area contributed by atoms with E-state index in [1.807, 2.05) is 30.6 Å². The first kappa shape index (κ1) is 23.7. The zero-order valence-electron chi connectivity index (χ0n) is 17.8. The molecule has 0 saturated heterocycles. The Balaban J connectivity index is 0.000000318. The van der Waals surface area contributed by atoms with Crippen LogP contribution in [0.1, 0.15) is 19.4 Å². The molecule has 3 aromatic heterocycles. The van der Waals surface area contributed by atoms with E-state index in [1.165, 1.54) is 45.7 Å². The van der Waals surface area contributed by atoms with E-state index in [0.717, 1.165) is 22.2 Å². The van der Waals surface area contributed by atoms with Gasteiger partial charge in [0.15, 0.2) is 5.78 Å². The van der Waals surface area contributed by atoms with Gasteiger partial charge in [-0.15, -0.1) is 23.8 Å². The third kappa shape index (κ3) is 4.94. The number of ketones is 1. The second-order valence-electron chi connectivity index (χ2n) is 7.32. The minimum atomic E-state index is -0.125. The maximum atomic E-state index is 10.0. The topological polar surface area (TPSA) is 63.1 Å². The fourth-order valence-corrected chi connectivity index (χ4v) is 4.72. The second kappa shape index (κ2) is 10.1. The van der Waals surface area contributed by atoms with Crippen molar-refractivity contribution in [1.29, 1.82) is 0 Å². The molecule has 0 aliphatic rings. The maximum absolute atomic E-state index is 10.0. The number of fused-ring (bicyclic) bond motifs is 4. The minimum Gasteiger partial charge on any atom is -0.512 e. The van der Waals surface area contributed by atoms with Crippen LogP contribution in [0.25, 0.3) is 42.3 Å². The number of rotatable bonds is 2. The molecule has 0 aliphatic carbocycles. The van der Waals surface area contributed by atoms with E-state index in [9.17, 15) is 4.79 Å². The van der Waals surface area contributed by atoms with Crippen LogP contribution in [-0.2, 0) is 24.9 Å². The van der Waals surface area contributed by atoms with Gasteiger partial charge in [0.25, 0.3) is 0 Å². The van der Waals surface area contributed by atoms with Crippen LogP contribution in [0.4, 0.5) is 0 Å². The van der Waals surface area contributed by atoms with Crippen molar-refractivity contribution < 1.29 is 30.0 Å². The molecule has 1 N–H and O–H groups in total.